The van der Waals surface area contributed by atoms with Crippen molar-refractivity contribution in [1.29, 1.82) is 0 Å². The van der Waals surface area contributed by atoms with Crippen LogP contribution in [0.25, 0.3) is 11.3 Å². The standard InChI is InChI=1S/C8H7BrN4/c9-8-5(2-1-3-11-8)6-4-7(10)13-12-6/h1-4H,(H3,10,12,13). The molecule has 2 rings (SSSR count). The van der Waals surface area contributed by atoms with Gasteiger partial charge in [0.05, 0.1) is 5.69 Å². The Balaban J connectivity index is 2.52. The average molecular weight is 239 g/mol. The van der Waals surface area contributed by atoms with Crippen molar-refractivity contribution in [2.75, 3.05) is 5.73 Å². The Morgan fingerprint density at radius 1 is 1.46 bits per heavy atom. The van der Waals surface area contributed by atoms with Gasteiger partial charge >= 0.3 is 0 Å². The number of nitrogen functional groups attached to an aromatic ring is 1. The molecule has 0 aliphatic heterocycles. The topological polar surface area (TPSA) is 67.6 Å². The lowest BCUT2D eigenvalue weighted by Gasteiger charge is -1.97. The highest BCUT2D eigenvalue weighted by molar-refractivity contribution is 9.10. The number of aromatic amines is 1. The van der Waals surface area contributed by atoms with Crippen LogP contribution in [0, 0.1) is 0 Å². The van der Waals surface area contributed by atoms with Crippen molar-refractivity contribution >= 4 is 21.7 Å². The lowest BCUT2D eigenvalue weighted by molar-refractivity contribution is 1.10. The molecule has 13 heavy (non-hydrogen) atoms. The minimum absolute atomic E-state index is 0.478. The molecule has 0 aliphatic rings. The quantitative estimate of drug-likeness (QED) is 0.745. The molecule has 0 saturated carbocycles. The molecule has 0 aliphatic carbocycles. The first-order valence-corrected chi connectivity index (χ1v) is 4.48. The minimum Gasteiger partial charge on any atom is -0.382 e. The normalized spacial score (nSPS) is 10.2. The van der Waals surface area contributed by atoms with Crippen molar-refractivity contribution in [2.24, 2.45) is 0 Å². The number of H-pyrrole nitrogens is 1. The number of rotatable bonds is 1. The summed E-state index contributed by atoms with van der Waals surface area (Å²) in [5, 5.41) is 6.66. The number of halogens is 1. The summed E-state index contributed by atoms with van der Waals surface area (Å²) < 4.78 is 0.777. The highest BCUT2D eigenvalue weighted by atomic mass is 79.9. The SMILES string of the molecule is Nc1cc(-c2cccnc2Br)[nH]n1. The Hall–Kier alpha value is -1.36. The van der Waals surface area contributed by atoms with Crippen molar-refractivity contribution < 1.29 is 0 Å². The summed E-state index contributed by atoms with van der Waals surface area (Å²) in [6.07, 6.45) is 1.72. The third-order valence-corrected chi connectivity index (χ3v) is 2.28. The molecule has 66 valence electrons. The Kier molecular flexibility index (Phi) is 2.02. The maximum absolute atomic E-state index is 5.49. The second-order valence-corrected chi connectivity index (χ2v) is 3.30. The molecule has 0 unspecified atom stereocenters. The van der Waals surface area contributed by atoms with Gasteiger partial charge in [0.2, 0.25) is 0 Å². The first kappa shape index (κ1) is 8.25. The van der Waals surface area contributed by atoms with E-state index >= 15 is 0 Å². The molecule has 0 spiro atoms. The lowest BCUT2D eigenvalue weighted by atomic mass is 10.2. The number of nitrogens with two attached hydrogens (primary N) is 1. The van der Waals surface area contributed by atoms with Crippen LogP contribution in [0.15, 0.2) is 29.0 Å². The van der Waals surface area contributed by atoms with Crippen molar-refractivity contribution in [3.05, 3.63) is 29.0 Å². The van der Waals surface area contributed by atoms with E-state index in [4.69, 9.17) is 5.73 Å². The molecule has 5 heteroatoms. The molecule has 3 N–H and O–H groups in total. The van der Waals surface area contributed by atoms with Gasteiger partial charge in [-0.2, -0.15) is 5.10 Å². The highest BCUT2D eigenvalue weighted by Gasteiger charge is 2.05. The van der Waals surface area contributed by atoms with Crippen molar-refractivity contribution in [2.45, 2.75) is 0 Å². The number of hydrogen-bond acceptors (Lipinski definition) is 3. The predicted octanol–water partition coefficient (Wildman–Crippen LogP) is 1.82. The molecular weight excluding hydrogens is 232 g/mol. The van der Waals surface area contributed by atoms with Crippen LogP contribution in [0.5, 0.6) is 0 Å². The van der Waals surface area contributed by atoms with E-state index in [2.05, 4.69) is 31.1 Å². The van der Waals surface area contributed by atoms with Gasteiger partial charge in [-0.25, -0.2) is 4.98 Å². The van der Waals surface area contributed by atoms with E-state index in [0.717, 1.165) is 15.9 Å². The fourth-order valence-corrected chi connectivity index (χ4v) is 1.53. The number of aromatic nitrogens is 3. The highest BCUT2D eigenvalue weighted by Crippen LogP contribution is 2.24. The van der Waals surface area contributed by atoms with E-state index in [0.29, 0.717) is 5.82 Å². The summed E-state index contributed by atoms with van der Waals surface area (Å²) in [4.78, 5) is 4.09. The molecule has 0 bridgehead atoms. The zero-order valence-electron chi connectivity index (χ0n) is 6.66. The minimum atomic E-state index is 0.478. The number of hydrogen-bond donors (Lipinski definition) is 2. The monoisotopic (exact) mass is 238 g/mol. The van der Waals surface area contributed by atoms with E-state index in [1.54, 1.807) is 12.3 Å². The maximum Gasteiger partial charge on any atom is 0.145 e. The number of pyridine rings is 1. The third kappa shape index (κ3) is 1.55. The molecule has 4 nitrogen and oxygen atoms in total. The van der Waals surface area contributed by atoms with Crippen LogP contribution in [0.3, 0.4) is 0 Å². The largest absolute Gasteiger partial charge is 0.382 e. The predicted molar refractivity (Wildman–Crippen MR) is 53.9 cm³/mol. The molecule has 0 saturated heterocycles. The van der Waals surface area contributed by atoms with E-state index in [1.807, 2.05) is 12.1 Å². The zero-order valence-corrected chi connectivity index (χ0v) is 8.25. The van der Waals surface area contributed by atoms with E-state index < -0.39 is 0 Å². The van der Waals surface area contributed by atoms with Crippen LogP contribution < -0.4 is 5.73 Å². The van der Waals surface area contributed by atoms with Gasteiger partial charge in [-0.05, 0) is 28.1 Å². The molecular formula is C8H7BrN4. The average Bonchev–Trinajstić information content (AvgIpc) is 2.53. The van der Waals surface area contributed by atoms with Gasteiger partial charge in [0.1, 0.15) is 10.4 Å². The van der Waals surface area contributed by atoms with E-state index in [-0.39, 0.29) is 0 Å². The van der Waals surface area contributed by atoms with E-state index in [1.165, 1.54) is 0 Å². The summed E-state index contributed by atoms with van der Waals surface area (Å²) >= 11 is 3.34. The van der Waals surface area contributed by atoms with Crippen molar-refractivity contribution in [3.63, 3.8) is 0 Å². The fraction of sp³-hybridized carbons (Fsp3) is 0. The molecule has 0 amide bonds. The summed E-state index contributed by atoms with van der Waals surface area (Å²) in [6, 6.07) is 5.56. The molecule has 0 radical (unpaired) electrons. The van der Waals surface area contributed by atoms with Gasteiger partial charge in [-0.1, -0.05) is 0 Å². The van der Waals surface area contributed by atoms with E-state index in [9.17, 15) is 0 Å². The summed E-state index contributed by atoms with van der Waals surface area (Å²) in [5.74, 6) is 0.478. The first-order chi connectivity index (χ1) is 6.27. The van der Waals surface area contributed by atoms with Gasteiger partial charge in [-0.3, -0.25) is 5.10 Å². The Labute approximate surface area is 83.3 Å². The van der Waals surface area contributed by atoms with Crippen LogP contribution in [0.2, 0.25) is 0 Å². The van der Waals surface area contributed by atoms with Crippen LogP contribution in [-0.2, 0) is 0 Å². The lowest BCUT2D eigenvalue weighted by Crippen LogP contribution is -1.82. The first-order valence-electron chi connectivity index (χ1n) is 3.69. The van der Waals surface area contributed by atoms with Crippen LogP contribution >= 0.6 is 15.9 Å². The van der Waals surface area contributed by atoms with Crippen molar-refractivity contribution in [3.8, 4) is 11.3 Å². The molecule has 0 aromatic carbocycles. The summed E-state index contributed by atoms with van der Waals surface area (Å²) in [5.41, 5.74) is 7.30. The second kappa shape index (κ2) is 3.18. The van der Waals surface area contributed by atoms with Crippen molar-refractivity contribution in [1.82, 2.24) is 15.2 Å². The van der Waals surface area contributed by atoms with Crippen LogP contribution in [-0.4, -0.2) is 15.2 Å². The van der Waals surface area contributed by atoms with Gasteiger partial charge in [0.15, 0.2) is 0 Å². The third-order valence-electron chi connectivity index (χ3n) is 1.65. The van der Waals surface area contributed by atoms with Gasteiger partial charge in [-0.15, -0.1) is 0 Å². The molecule has 2 aromatic rings. The maximum atomic E-state index is 5.49. The van der Waals surface area contributed by atoms with Gasteiger partial charge < -0.3 is 5.73 Å². The Morgan fingerprint density at radius 2 is 2.31 bits per heavy atom. The molecule has 2 heterocycles. The smallest absolute Gasteiger partial charge is 0.145 e. The molecule has 0 fully saturated rings. The Bertz CT molecular complexity index is 424. The van der Waals surface area contributed by atoms with Gasteiger partial charge in [0, 0.05) is 17.8 Å². The molecule has 0 atom stereocenters. The fourth-order valence-electron chi connectivity index (χ4n) is 1.06. The second-order valence-electron chi connectivity index (χ2n) is 2.55. The molecule has 2 aromatic heterocycles. The summed E-state index contributed by atoms with van der Waals surface area (Å²) in [7, 11) is 0. The number of nitrogens with zero attached hydrogens (tertiary/aromatic N) is 2. The number of nitrogens with one attached hydrogen (secondary N) is 1. The van der Waals surface area contributed by atoms with Gasteiger partial charge in [0.25, 0.3) is 0 Å². The Morgan fingerprint density at radius 3 is 2.92 bits per heavy atom. The number of anilines is 1. The zero-order chi connectivity index (χ0) is 9.26. The van der Waals surface area contributed by atoms with Crippen LogP contribution in [0.4, 0.5) is 5.82 Å². The van der Waals surface area contributed by atoms with Crippen LogP contribution in [0.1, 0.15) is 0 Å². The summed E-state index contributed by atoms with van der Waals surface area (Å²) in [6.45, 7) is 0.